The Bertz CT molecular complexity index is 899. The molecule has 3 rings (SSSR count). The van der Waals surface area contributed by atoms with Crippen LogP contribution in [0.5, 0.6) is 17.2 Å². The van der Waals surface area contributed by atoms with E-state index < -0.39 is 0 Å². The van der Waals surface area contributed by atoms with Crippen molar-refractivity contribution in [3.8, 4) is 17.2 Å². The van der Waals surface area contributed by atoms with Gasteiger partial charge in [-0.05, 0) is 48.9 Å². The molecule has 0 unspecified atom stereocenters. The fourth-order valence-electron chi connectivity index (χ4n) is 4.16. The van der Waals surface area contributed by atoms with Crippen LogP contribution in [0, 0.1) is 0 Å². The van der Waals surface area contributed by atoms with Crippen LogP contribution < -0.4 is 19.5 Å². The number of hydrogen-bond acceptors (Lipinski definition) is 5. The number of carbonyl (C=O) groups is 2. The molecule has 1 aliphatic rings. The van der Waals surface area contributed by atoms with Gasteiger partial charge in [-0.2, -0.15) is 0 Å². The Labute approximate surface area is 196 Å². The maximum Gasteiger partial charge on any atom is 0.222 e. The molecule has 1 N–H and O–H groups in total. The normalized spacial score (nSPS) is 14.0. The minimum absolute atomic E-state index is 0.0750. The summed E-state index contributed by atoms with van der Waals surface area (Å²) in [5.74, 6) is 1.91. The summed E-state index contributed by atoms with van der Waals surface area (Å²) in [6.45, 7) is 1.33. The van der Waals surface area contributed by atoms with Gasteiger partial charge in [-0.25, -0.2) is 0 Å². The highest BCUT2D eigenvalue weighted by molar-refractivity contribution is 5.77. The van der Waals surface area contributed by atoms with Gasteiger partial charge in [0, 0.05) is 32.0 Å². The van der Waals surface area contributed by atoms with Crippen molar-refractivity contribution >= 4 is 11.8 Å². The van der Waals surface area contributed by atoms with Crippen LogP contribution >= 0.6 is 0 Å². The highest BCUT2D eigenvalue weighted by Gasteiger charge is 2.24. The van der Waals surface area contributed by atoms with E-state index in [1.807, 2.05) is 47.4 Å². The third kappa shape index (κ3) is 6.88. The topological polar surface area (TPSA) is 77.1 Å². The number of hydrogen-bond donors (Lipinski definition) is 1. The number of nitrogens with zero attached hydrogens (tertiary/aromatic N) is 1. The first kappa shape index (κ1) is 24.4. The van der Waals surface area contributed by atoms with Crippen molar-refractivity contribution in [1.29, 1.82) is 0 Å². The van der Waals surface area contributed by atoms with Crippen molar-refractivity contribution in [3.63, 3.8) is 0 Å². The van der Waals surface area contributed by atoms with Crippen molar-refractivity contribution in [2.75, 3.05) is 34.4 Å². The van der Waals surface area contributed by atoms with Gasteiger partial charge in [-0.1, -0.05) is 30.3 Å². The first-order chi connectivity index (χ1) is 16.0. The second-order valence-electron chi connectivity index (χ2n) is 8.24. The van der Waals surface area contributed by atoms with Gasteiger partial charge in [0.15, 0.2) is 11.5 Å². The molecular formula is C26H34N2O5. The lowest BCUT2D eigenvalue weighted by Crippen LogP contribution is -2.46. The predicted octanol–water partition coefficient (Wildman–Crippen LogP) is 3.39. The Kier molecular flexibility index (Phi) is 8.98. The summed E-state index contributed by atoms with van der Waals surface area (Å²) in [5, 5.41) is 3.13. The van der Waals surface area contributed by atoms with Crippen molar-refractivity contribution in [2.45, 2.75) is 44.6 Å². The summed E-state index contributed by atoms with van der Waals surface area (Å²) in [6, 6.07) is 13.9. The summed E-state index contributed by atoms with van der Waals surface area (Å²) in [7, 11) is 4.73. The Morgan fingerprint density at radius 2 is 1.48 bits per heavy atom. The standard InChI is InChI=1S/C26H34N2O5/c1-31-22-17-20(18-23(32-2)26(22)33-3)10-12-25(30)28-15-13-21(14-16-28)27-24(29)11-9-19-7-5-4-6-8-19/h4-8,17-18,21H,9-16H2,1-3H3,(H,27,29). The molecule has 7 heteroatoms. The first-order valence-corrected chi connectivity index (χ1v) is 11.4. The van der Waals surface area contributed by atoms with Crippen molar-refractivity contribution in [1.82, 2.24) is 10.2 Å². The average Bonchev–Trinajstić information content (AvgIpc) is 2.86. The molecule has 1 aliphatic heterocycles. The maximum absolute atomic E-state index is 12.7. The highest BCUT2D eigenvalue weighted by atomic mass is 16.5. The van der Waals surface area contributed by atoms with E-state index in [1.165, 1.54) is 5.56 Å². The predicted molar refractivity (Wildman–Crippen MR) is 127 cm³/mol. The average molecular weight is 455 g/mol. The number of amides is 2. The SMILES string of the molecule is COc1cc(CCC(=O)N2CCC(NC(=O)CCc3ccccc3)CC2)cc(OC)c1OC. The van der Waals surface area contributed by atoms with E-state index in [9.17, 15) is 9.59 Å². The third-order valence-electron chi connectivity index (χ3n) is 6.05. The number of aryl methyl sites for hydroxylation is 2. The van der Waals surface area contributed by atoms with Crippen LogP contribution in [-0.4, -0.2) is 57.2 Å². The lowest BCUT2D eigenvalue weighted by Gasteiger charge is -2.32. The Morgan fingerprint density at radius 3 is 2.06 bits per heavy atom. The summed E-state index contributed by atoms with van der Waals surface area (Å²) >= 11 is 0. The lowest BCUT2D eigenvalue weighted by atomic mass is 10.0. The molecule has 1 saturated heterocycles. The largest absolute Gasteiger partial charge is 0.493 e. The molecule has 0 atom stereocenters. The van der Waals surface area contributed by atoms with Crippen LogP contribution in [0.15, 0.2) is 42.5 Å². The Balaban J connectivity index is 1.42. The molecule has 0 aromatic heterocycles. The van der Waals surface area contributed by atoms with Crippen LogP contribution in [0.1, 0.15) is 36.8 Å². The van der Waals surface area contributed by atoms with Crippen LogP contribution in [-0.2, 0) is 22.4 Å². The van der Waals surface area contributed by atoms with Gasteiger partial charge >= 0.3 is 0 Å². The van der Waals surface area contributed by atoms with Gasteiger partial charge in [-0.3, -0.25) is 9.59 Å². The lowest BCUT2D eigenvalue weighted by molar-refractivity contribution is -0.132. The zero-order valence-electron chi connectivity index (χ0n) is 19.8. The molecule has 0 bridgehead atoms. The number of nitrogens with one attached hydrogen (secondary N) is 1. The van der Waals surface area contributed by atoms with Crippen LogP contribution in [0.25, 0.3) is 0 Å². The molecule has 1 fully saturated rings. The second-order valence-corrected chi connectivity index (χ2v) is 8.24. The molecule has 7 nitrogen and oxygen atoms in total. The van der Waals surface area contributed by atoms with Crippen molar-refractivity contribution in [3.05, 3.63) is 53.6 Å². The smallest absolute Gasteiger partial charge is 0.222 e. The maximum atomic E-state index is 12.7. The summed E-state index contributed by atoms with van der Waals surface area (Å²) < 4.78 is 16.1. The van der Waals surface area contributed by atoms with Crippen LogP contribution in [0.2, 0.25) is 0 Å². The van der Waals surface area contributed by atoms with Crippen molar-refractivity contribution < 1.29 is 23.8 Å². The number of likely N-dealkylation sites (tertiary alicyclic amines) is 1. The molecule has 2 aromatic rings. The molecule has 0 saturated carbocycles. The number of benzene rings is 2. The molecule has 0 radical (unpaired) electrons. The van der Waals surface area contributed by atoms with E-state index in [2.05, 4.69) is 5.32 Å². The highest BCUT2D eigenvalue weighted by Crippen LogP contribution is 2.38. The van der Waals surface area contributed by atoms with E-state index in [-0.39, 0.29) is 17.9 Å². The monoisotopic (exact) mass is 454 g/mol. The van der Waals surface area contributed by atoms with E-state index in [1.54, 1.807) is 21.3 Å². The molecule has 178 valence electrons. The number of methoxy groups -OCH3 is 3. The third-order valence-corrected chi connectivity index (χ3v) is 6.05. The molecule has 0 spiro atoms. The van der Waals surface area contributed by atoms with Gasteiger partial charge in [0.25, 0.3) is 0 Å². The van der Waals surface area contributed by atoms with Crippen molar-refractivity contribution in [2.24, 2.45) is 0 Å². The van der Waals surface area contributed by atoms with E-state index >= 15 is 0 Å². The number of ether oxygens (including phenoxy) is 3. The fourth-order valence-corrected chi connectivity index (χ4v) is 4.16. The quantitative estimate of drug-likeness (QED) is 0.596. The zero-order valence-corrected chi connectivity index (χ0v) is 19.8. The van der Waals surface area contributed by atoms with Gasteiger partial charge in [0.1, 0.15) is 0 Å². The van der Waals surface area contributed by atoms with Gasteiger partial charge in [0.2, 0.25) is 17.6 Å². The van der Waals surface area contributed by atoms with Gasteiger partial charge in [0.05, 0.1) is 21.3 Å². The number of rotatable bonds is 10. The minimum atomic E-state index is 0.0750. The summed E-state index contributed by atoms with van der Waals surface area (Å²) in [4.78, 5) is 26.9. The Hall–Kier alpha value is -3.22. The van der Waals surface area contributed by atoms with E-state index in [0.29, 0.717) is 49.6 Å². The molecule has 2 aromatic carbocycles. The molecule has 33 heavy (non-hydrogen) atoms. The zero-order chi connectivity index (χ0) is 23.6. The number of piperidine rings is 1. The molecular weight excluding hydrogens is 420 g/mol. The van der Waals surface area contributed by atoms with E-state index in [4.69, 9.17) is 14.2 Å². The fraction of sp³-hybridized carbons (Fsp3) is 0.462. The summed E-state index contributed by atoms with van der Waals surface area (Å²) in [6.07, 6.45) is 3.79. The Morgan fingerprint density at radius 1 is 0.879 bits per heavy atom. The second kappa shape index (κ2) is 12.1. The molecule has 1 heterocycles. The van der Waals surface area contributed by atoms with Crippen LogP contribution in [0.4, 0.5) is 0 Å². The van der Waals surface area contributed by atoms with Gasteiger partial charge in [-0.15, -0.1) is 0 Å². The summed E-state index contributed by atoms with van der Waals surface area (Å²) in [5.41, 5.74) is 2.12. The van der Waals surface area contributed by atoms with Crippen LogP contribution in [0.3, 0.4) is 0 Å². The first-order valence-electron chi connectivity index (χ1n) is 11.4. The number of carbonyl (C=O) groups excluding carboxylic acids is 2. The molecule has 2 amide bonds. The molecule has 0 aliphatic carbocycles. The van der Waals surface area contributed by atoms with E-state index in [0.717, 1.165) is 24.8 Å². The van der Waals surface area contributed by atoms with Gasteiger partial charge < -0.3 is 24.4 Å². The minimum Gasteiger partial charge on any atom is -0.493 e.